The molecule has 2 aliphatic rings. The third-order valence-electron chi connectivity index (χ3n) is 5.06. The summed E-state index contributed by atoms with van der Waals surface area (Å²) in [6, 6.07) is 0. The Bertz CT molecular complexity index is 389. The van der Waals surface area contributed by atoms with Gasteiger partial charge in [-0.1, -0.05) is 12.8 Å². The molecular weight excluding hydrogens is 268 g/mol. The van der Waals surface area contributed by atoms with Crippen LogP contribution in [0.5, 0.6) is 0 Å². The third kappa shape index (κ3) is 3.76. The van der Waals surface area contributed by atoms with E-state index in [4.69, 9.17) is 4.74 Å². The maximum Gasteiger partial charge on any atom is 0.225 e. The molecule has 0 spiro atoms. The molecule has 1 aliphatic heterocycles. The molecule has 5 nitrogen and oxygen atoms in total. The summed E-state index contributed by atoms with van der Waals surface area (Å²) >= 11 is 0. The van der Waals surface area contributed by atoms with E-state index in [1.807, 2.05) is 13.8 Å². The summed E-state index contributed by atoms with van der Waals surface area (Å²) in [6.07, 6.45) is 6.49. The van der Waals surface area contributed by atoms with E-state index in [-0.39, 0.29) is 17.7 Å². The van der Waals surface area contributed by atoms with Gasteiger partial charge in [0, 0.05) is 32.2 Å². The van der Waals surface area contributed by atoms with Crippen LogP contribution in [0.3, 0.4) is 0 Å². The number of ether oxygens (including phenoxy) is 1. The zero-order valence-electron chi connectivity index (χ0n) is 13.5. The molecule has 120 valence electrons. The minimum Gasteiger partial charge on any atom is -0.378 e. The van der Waals surface area contributed by atoms with Crippen molar-refractivity contribution in [1.29, 1.82) is 0 Å². The van der Waals surface area contributed by atoms with Gasteiger partial charge in [0.2, 0.25) is 11.8 Å². The van der Waals surface area contributed by atoms with Gasteiger partial charge in [-0.2, -0.15) is 0 Å². The van der Waals surface area contributed by atoms with Gasteiger partial charge in [-0.25, -0.2) is 0 Å². The lowest BCUT2D eigenvalue weighted by Crippen LogP contribution is -2.47. The van der Waals surface area contributed by atoms with E-state index in [1.165, 1.54) is 25.7 Å². The Hall–Kier alpha value is -1.10. The molecule has 2 fully saturated rings. The molecule has 2 rings (SSSR count). The van der Waals surface area contributed by atoms with Crippen LogP contribution in [0.15, 0.2) is 0 Å². The minimum absolute atomic E-state index is 0.0152. The average molecular weight is 296 g/mol. The van der Waals surface area contributed by atoms with Crippen LogP contribution < -0.4 is 5.32 Å². The highest BCUT2D eigenvalue weighted by atomic mass is 16.5. The second kappa shape index (κ2) is 6.77. The van der Waals surface area contributed by atoms with Crippen LogP contribution in [0.4, 0.5) is 0 Å². The second-order valence-corrected chi connectivity index (χ2v) is 6.78. The Kier molecular flexibility index (Phi) is 5.25. The van der Waals surface area contributed by atoms with Gasteiger partial charge in [0.05, 0.1) is 12.0 Å². The summed E-state index contributed by atoms with van der Waals surface area (Å²) < 4.78 is 5.77. The molecule has 1 aliphatic carbocycles. The third-order valence-corrected chi connectivity index (χ3v) is 5.06. The molecular formula is C16H28N2O3. The zero-order valence-corrected chi connectivity index (χ0v) is 13.5. The van der Waals surface area contributed by atoms with Crippen molar-refractivity contribution in [3.63, 3.8) is 0 Å². The number of hydrogen-bond donors (Lipinski definition) is 1. The first-order valence-corrected chi connectivity index (χ1v) is 8.09. The van der Waals surface area contributed by atoms with E-state index in [1.54, 1.807) is 11.9 Å². The van der Waals surface area contributed by atoms with Crippen molar-refractivity contribution in [3.05, 3.63) is 0 Å². The Balaban J connectivity index is 1.66. The number of amides is 2. The van der Waals surface area contributed by atoms with Crippen LogP contribution in [-0.2, 0) is 14.3 Å². The minimum atomic E-state index is -0.401. The molecule has 0 radical (unpaired) electrons. The largest absolute Gasteiger partial charge is 0.378 e. The molecule has 0 unspecified atom stereocenters. The summed E-state index contributed by atoms with van der Waals surface area (Å²) in [6.45, 7) is 5.23. The topological polar surface area (TPSA) is 58.6 Å². The first kappa shape index (κ1) is 16.3. The normalized spacial score (nSPS) is 25.6. The molecule has 1 heterocycles. The Morgan fingerprint density at radius 1 is 1.38 bits per heavy atom. The number of carbonyl (C=O) groups is 2. The van der Waals surface area contributed by atoms with Gasteiger partial charge >= 0.3 is 0 Å². The maximum absolute atomic E-state index is 12.2. The van der Waals surface area contributed by atoms with Gasteiger partial charge in [0.15, 0.2) is 0 Å². The smallest absolute Gasteiger partial charge is 0.225 e. The van der Waals surface area contributed by atoms with Crippen LogP contribution in [0.25, 0.3) is 0 Å². The van der Waals surface area contributed by atoms with Crippen molar-refractivity contribution >= 4 is 11.8 Å². The van der Waals surface area contributed by atoms with E-state index in [0.29, 0.717) is 25.7 Å². The van der Waals surface area contributed by atoms with E-state index in [2.05, 4.69) is 5.32 Å². The lowest BCUT2D eigenvalue weighted by atomic mass is 9.88. The van der Waals surface area contributed by atoms with E-state index >= 15 is 0 Å². The number of likely N-dealkylation sites (tertiary alicyclic amines) is 1. The van der Waals surface area contributed by atoms with Crippen molar-refractivity contribution in [1.82, 2.24) is 10.2 Å². The monoisotopic (exact) mass is 296 g/mol. The lowest BCUT2D eigenvalue weighted by molar-refractivity contribution is -0.128. The quantitative estimate of drug-likeness (QED) is 0.759. The van der Waals surface area contributed by atoms with Crippen molar-refractivity contribution in [2.75, 3.05) is 20.2 Å². The number of carbonyl (C=O) groups excluding carboxylic acids is 2. The van der Waals surface area contributed by atoms with Crippen molar-refractivity contribution in [2.45, 2.75) is 64.0 Å². The van der Waals surface area contributed by atoms with Gasteiger partial charge < -0.3 is 15.0 Å². The van der Waals surface area contributed by atoms with E-state index in [9.17, 15) is 9.59 Å². The summed E-state index contributed by atoms with van der Waals surface area (Å²) in [7, 11) is 1.77. The number of hydrogen-bond acceptors (Lipinski definition) is 3. The fourth-order valence-electron chi connectivity index (χ4n) is 3.24. The van der Waals surface area contributed by atoms with E-state index < -0.39 is 5.54 Å². The first-order valence-electron chi connectivity index (χ1n) is 8.09. The van der Waals surface area contributed by atoms with Crippen molar-refractivity contribution in [3.8, 4) is 0 Å². The van der Waals surface area contributed by atoms with Gasteiger partial charge in [-0.3, -0.25) is 9.59 Å². The molecule has 21 heavy (non-hydrogen) atoms. The number of nitrogens with zero attached hydrogens (tertiary/aromatic N) is 1. The standard InChI is InChI=1S/C16H28N2O3/c1-16(2)13(11-14(19)18(16)3)15(20)17-9-6-10-21-12-7-4-5-8-12/h12-13H,4-11H2,1-3H3,(H,17,20)/t13-/m1/s1. The molecule has 0 aromatic carbocycles. The van der Waals surface area contributed by atoms with Gasteiger partial charge in [-0.05, 0) is 33.1 Å². The lowest BCUT2D eigenvalue weighted by Gasteiger charge is -2.32. The van der Waals surface area contributed by atoms with Crippen LogP contribution >= 0.6 is 0 Å². The SMILES string of the molecule is CN1C(=O)C[C@H](C(=O)NCCCOC2CCCC2)C1(C)C. The fourth-order valence-corrected chi connectivity index (χ4v) is 3.24. The van der Waals surface area contributed by atoms with Crippen LogP contribution in [0.1, 0.15) is 52.4 Å². The summed E-state index contributed by atoms with van der Waals surface area (Å²) in [5.74, 6) is -0.228. The molecule has 0 bridgehead atoms. The van der Waals surface area contributed by atoms with E-state index in [0.717, 1.165) is 6.42 Å². The number of nitrogens with one attached hydrogen (secondary N) is 1. The zero-order chi connectivity index (χ0) is 15.5. The Morgan fingerprint density at radius 2 is 2.05 bits per heavy atom. The average Bonchev–Trinajstić information content (AvgIpc) is 3.01. The highest BCUT2D eigenvalue weighted by molar-refractivity contribution is 5.90. The van der Waals surface area contributed by atoms with Crippen molar-refractivity contribution in [2.24, 2.45) is 5.92 Å². The van der Waals surface area contributed by atoms with Gasteiger partial charge in [-0.15, -0.1) is 0 Å². The maximum atomic E-state index is 12.2. The summed E-state index contributed by atoms with van der Waals surface area (Å²) in [4.78, 5) is 25.7. The van der Waals surface area contributed by atoms with Crippen LogP contribution in [0, 0.1) is 5.92 Å². The summed E-state index contributed by atoms with van der Waals surface area (Å²) in [5.41, 5.74) is -0.401. The highest BCUT2D eigenvalue weighted by Gasteiger charge is 2.47. The van der Waals surface area contributed by atoms with Gasteiger partial charge in [0.25, 0.3) is 0 Å². The van der Waals surface area contributed by atoms with Crippen molar-refractivity contribution < 1.29 is 14.3 Å². The molecule has 0 aromatic rings. The molecule has 1 N–H and O–H groups in total. The Morgan fingerprint density at radius 3 is 2.62 bits per heavy atom. The van der Waals surface area contributed by atoms with Crippen LogP contribution in [0.2, 0.25) is 0 Å². The Labute approximate surface area is 127 Å². The van der Waals surface area contributed by atoms with Crippen LogP contribution in [-0.4, -0.2) is 48.6 Å². The fraction of sp³-hybridized carbons (Fsp3) is 0.875. The summed E-state index contributed by atoms with van der Waals surface area (Å²) in [5, 5.41) is 2.95. The second-order valence-electron chi connectivity index (χ2n) is 6.78. The molecule has 0 aromatic heterocycles. The molecule has 5 heteroatoms. The number of rotatable bonds is 6. The first-order chi connectivity index (χ1) is 9.93. The molecule has 1 saturated carbocycles. The highest BCUT2D eigenvalue weighted by Crippen LogP contribution is 2.34. The van der Waals surface area contributed by atoms with Gasteiger partial charge in [0.1, 0.15) is 0 Å². The molecule has 1 saturated heterocycles. The molecule has 1 atom stereocenters. The predicted molar refractivity (Wildman–Crippen MR) is 80.8 cm³/mol. The molecule has 2 amide bonds. The predicted octanol–water partition coefficient (Wildman–Crippen LogP) is 1.71.